The summed E-state index contributed by atoms with van der Waals surface area (Å²) < 4.78 is 5.27. The van der Waals surface area contributed by atoms with E-state index in [9.17, 15) is 4.79 Å². The van der Waals surface area contributed by atoms with Crippen LogP contribution in [0.3, 0.4) is 0 Å². The van der Waals surface area contributed by atoms with Gasteiger partial charge in [-0.1, -0.05) is 6.07 Å². The van der Waals surface area contributed by atoms with Gasteiger partial charge in [0.25, 0.3) is 0 Å². The zero-order valence-corrected chi connectivity index (χ0v) is 9.23. The van der Waals surface area contributed by atoms with Crippen molar-refractivity contribution in [2.45, 2.75) is 0 Å². The molecule has 0 saturated heterocycles. The molecule has 17 heavy (non-hydrogen) atoms. The molecule has 3 aromatic rings. The molecule has 4 nitrogen and oxygen atoms in total. The van der Waals surface area contributed by atoms with E-state index in [0.29, 0.717) is 16.7 Å². The quantitative estimate of drug-likeness (QED) is 0.646. The maximum absolute atomic E-state index is 11.9. The van der Waals surface area contributed by atoms with Crippen molar-refractivity contribution in [3.8, 4) is 5.75 Å². The second-order valence-electron chi connectivity index (χ2n) is 3.75. The van der Waals surface area contributed by atoms with Crippen LogP contribution in [0.25, 0.3) is 21.8 Å². The first-order chi connectivity index (χ1) is 8.31. The molecule has 0 saturated carbocycles. The number of ether oxygens (including phenoxy) is 1. The van der Waals surface area contributed by atoms with Crippen molar-refractivity contribution in [3.63, 3.8) is 0 Å². The first kappa shape index (κ1) is 9.84. The molecule has 1 N–H and O–H groups in total. The number of aromatic nitrogens is 2. The lowest BCUT2D eigenvalue weighted by Crippen LogP contribution is -2.03. The van der Waals surface area contributed by atoms with Crippen LogP contribution in [-0.4, -0.2) is 17.1 Å². The van der Waals surface area contributed by atoms with E-state index in [1.54, 1.807) is 19.5 Å². The summed E-state index contributed by atoms with van der Waals surface area (Å²) in [7, 11) is 1.56. The van der Waals surface area contributed by atoms with Crippen LogP contribution < -0.4 is 10.2 Å². The van der Waals surface area contributed by atoms with E-state index >= 15 is 0 Å². The lowest BCUT2D eigenvalue weighted by atomic mass is 10.1. The molecule has 0 spiro atoms. The molecular weight excluding hydrogens is 216 g/mol. The summed E-state index contributed by atoms with van der Waals surface area (Å²) in [6.45, 7) is 0. The highest BCUT2D eigenvalue weighted by molar-refractivity contribution is 6.05. The minimum absolute atomic E-state index is 0.0665. The summed E-state index contributed by atoms with van der Waals surface area (Å²) in [6.07, 6.45) is 3.33. The molecular formula is C13H10N2O2. The van der Waals surface area contributed by atoms with Gasteiger partial charge in [0.2, 0.25) is 0 Å². The molecule has 0 radical (unpaired) electrons. The standard InChI is InChI=1S/C13H10N2O2/c1-17-10-7-8-3-2-5-14-12(8)13-11(10)9(16)4-6-15-13/h2-7H,1H3,(H,15,16). The van der Waals surface area contributed by atoms with Gasteiger partial charge in [0, 0.05) is 23.8 Å². The van der Waals surface area contributed by atoms with Crippen molar-refractivity contribution >= 4 is 21.8 Å². The number of methoxy groups -OCH3 is 1. The van der Waals surface area contributed by atoms with E-state index in [1.807, 2.05) is 18.2 Å². The first-order valence-electron chi connectivity index (χ1n) is 5.24. The Kier molecular flexibility index (Phi) is 2.08. The molecule has 2 aromatic heterocycles. The third-order valence-corrected chi connectivity index (χ3v) is 2.79. The monoisotopic (exact) mass is 226 g/mol. The van der Waals surface area contributed by atoms with Crippen LogP contribution in [0.15, 0.2) is 41.5 Å². The Morgan fingerprint density at radius 2 is 2.24 bits per heavy atom. The van der Waals surface area contributed by atoms with E-state index in [-0.39, 0.29) is 5.43 Å². The molecule has 0 unspecified atom stereocenters. The van der Waals surface area contributed by atoms with Crippen LogP contribution in [0.5, 0.6) is 5.75 Å². The van der Waals surface area contributed by atoms with Crippen LogP contribution in [0.4, 0.5) is 0 Å². The van der Waals surface area contributed by atoms with Crippen molar-refractivity contribution in [3.05, 3.63) is 46.9 Å². The van der Waals surface area contributed by atoms with Crippen LogP contribution in [0.2, 0.25) is 0 Å². The van der Waals surface area contributed by atoms with Crippen molar-refractivity contribution in [1.29, 1.82) is 0 Å². The lowest BCUT2D eigenvalue weighted by Gasteiger charge is -2.07. The number of aromatic amines is 1. The summed E-state index contributed by atoms with van der Waals surface area (Å²) >= 11 is 0. The predicted octanol–water partition coefficient (Wildman–Crippen LogP) is 2.08. The first-order valence-corrected chi connectivity index (χ1v) is 5.24. The molecule has 0 bridgehead atoms. The molecule has 0 aliphatic carbocycles. The van der Waals surface area contributed by atoms with Gasteiger partial charge >= 0.3 is 0 Å². The van der Waals surface area contributed by atoms with Crippen LogP contribution in [0.1, 0.15) is 0 Å². The average Bonchev–Trinajstić information content (AvgIpc) is 2.38. The normalized spacial score (nSPS) is 10.9. The fourth-order valence-corrected chi connectivity index (χ4v) is 2.03. The largest absolute Gasteiger partial charge is 0.496 e. The van der Waals surface area contributed by atoms with E-state index < -0.39 is 0 Å². The SMILES string of the molecule is COc1cc2cccnc2c2[nH]ccc(=O)c12. The van der Waals surface area contributed by atoms with Crippen molar-refractivity contribution < 1.29 is 4.74 Å². The second-order valence-corrected chi connectivity index (χ2v) is 3.75. The highest BCUT2D eigenvalue weighted by Crippen LogP contribution is 2.28. The zero-order valence-electron chi connectivity index (χ0n) is 9.23. The highest BCUT2D eigenvalue weighted by atomic mass is 16.5. The summed E-state index contributed by atoms with van der Waals surface area (Å²) in [4.78, 5) is 19.2. The van der Waals surface area contributed by atoms with Gasteiger partial charge in [-0.15, -0.1) is 0 Å². The Hall–Kier alpha value is -2.36. The topological polar surface area (TPSA) is 55.0 Å². The zero-order chi connectivity index (χ0) is 11.8. The minimum Gasteiger partial charge on any atom is -0.496 e. The van der Waals surface area contributed by atoms with Gasteiger partial charge in [-0.05, 0) is 12.1 Å². The smallest absolute Gasteiger partial charge is 0.193 e. The number of H-pyrrole nitrogens is 1. The maximum Gasteiger partial charge on any atom is 0.193 e. The van der Waals surface area contributed by atoms with Crippen LogP contribution >= 0.6 is 0 Å². The molecule has 3 rings (SSSR count). The molecule has 1 aromatic carbocycles. The molecule has 0 amide bonds. The number of hydrogen-bond donors (Lipinski definition) is 1. The van der Waals surface area contributed by atoms with Gasteiger partial charge in [0.05, 0.1) is 23.5 Å². The number of nitrogens with one attached hydrogen (secondary N) is 1. The number of pyridine rings is 2. The van der Waals surface area contributed by atoms with Gasteiger partial charge in [-0.3, -0.25) is 9.78 Å². The fourth-order valence-electron chi connectivity index (χ4n) is 2.03. The van der Waals surface area contributed by atoms with Crippen molar-refractivity contribution in [1.82, 2.24) is 9.97 Å². The van der Waals surface area contributed by atoms with Crippen LogP contribution in [-0.2, 0) is 0 Å². The Balaban J connectivity index is 2.65. The molecule has 4 heteroatoms. The van der Waals surface area contributed by atoms with E-state index in [2.05, 4.69) is 9.97 Å². The number of nitrogens with zero attached hydrogens (tertiary/aromatic N) is 1. The van der Waals surface area contributed by atoms with Crippen molar-refractivity contribution in [2.75, 3.05) is 7.11 Å². The third kappa shape index (κ3) is 1.38. The van der Waals surface area contributed by atoms with E-state index in [0.717, 1.165) is 10.9 Å². The van der Waals surface area contributed by atoms with Crippen LogP contribution in [0, 0.1) is 0 Å². The van der Waals surface area contributed by atoms with Gasteiger partial charge in [-0.25, -0.2) is 0 Å². The van der Waals surface area contributed by atoms with Gasteiger partial charge in [-0.2, -0.15) is 0 Å². The Morgan fingerprint density at radius 3 is 3.06 bits per heavy atom. The summed E-state index contributed by atoms with van der Waals surface area (Å²) in [5.74, 6) is 0.572. The fraction of sp³-hybridized carbons (Fsp3) is 0.0769. The van der Waals surface area contributed by atoms with E-state index in [4.69, 9.17) is 4.74 Å². The van der Waals surface area contributed by atoms with Gasteiger partial charge in [0.15, 0.2) is 5.43 Å². The second kappa shape index (κ2) is 3.59. The Labute approximate surface area is 96.9 Å². The number of rotatable bonds is 1. The van der Waals surface area contributed by atoms with E-state index in [1.165, 1.54) is 6.07 Å². The molecule has 2 heterocycles. The van der Waals surface area contributed by atoms with Gasteiger partial charge < -0.3 is 9.72 Å². The van der Waals surface area contributed by atoms with Crippen molar-refractivity contribution in [2.24, 2.45) is 0 Å². The summed E-state index contributed by atoms with van der Waals surface area (Å²) in [5.41, 5.74) is 1.43. The third-order valence-electron chi connectivity index (χ3n) is 2.79. The summed E-state index contributed by atoms with van der Waals surface area (Å²) in [6, 6.07) is 7.11. The molecule has 0 fully saturated rings. The lowest BCUT2D eigenvalue weighted by molar-refractivity contribution is 0.420. The Bertz CT molecular complexity index is 762. The molecule has 0 aliphatic heterocycles. The average molecular weight is 226 g/mol. The number of hydrogen-bond acceptors (Lipinski definition) is 3. The highest BCUT2D eigenvalue weighted by Gasteiger charge is 2.10. The maximum atomic E-state index is 11.9. The predicted molar refractivity (Wildman–Crippen MR) is 66.4 cm³/mol. The molecule has 0 aliphatic rings. The minimum atomic E-state index is -0.0665. The Morgan fingerprint density at radius 1 is 1.35 bits per heavy atom. The van der Waals surface area contributed by atoms with Gasteiger partial charge in [0.1, 0.15) is 5.75 Å². The summed E-state index contributed by atoms with van der Waals surface area (Å²) in [5, 5.41) is 1.49. The number of benzene rings is 1. The number of fused-ring (bicyclic) bond motifs is 3. The molecule has 84 valence electrons. The molecule has 0 atom stereocenters.